The molecule has 1 aliphatic heterocycles. The molecule has 2 aromatic rings. The van der Waals surface area contributed by atoms with E-state index in [1.165, 1.54) is 5.56 Å². The summed E-state index contributed by atoms with van der Waals surface area (Å²) in [6.45, 7) is 5.35. The van der Waals surface area contributed by atoms with Gasteiger partial charge in [0.25, 0.3) is 0 Å². The second kappa shape index (κ2) is 9.89. The quantitative estimate of drug-likeness (QED) is 0.702. The maximum absolute atomic E-state index is 10.8. The van der Waals surface area contributed by atoms with Gasteiger partial charge in [-0.2, -0.15) is 5.11 Å². The molecule has 1 aliphatic rings. The SMILES string of the molecule is Cc1cccc(CN=Nc2cc(N3CCOCC3)nc(CCCC(=O)O)n2)c1. The van der Waals surface area contributed by atoms with E-state index in [2.05, 4.69) is 31.2 Å². The monoisotopic (exact) mass is 383 g/mol. The van der Waals surface area contributed by atoms with Crippen molar-refractivity contribution in [1.29, 1.82) is 0 Å². The molecular formula is C20H25N5O3. The zero-order chi connectivity index (χ0) is 19.8. The van der Waals surface area contributed by atoms with Gasteiger partial charge in [-0.1, -0.05) is 29.8 Å². The standard InChI is InChI=1S/C20H25N5O3/c1-15-4-2-5-16(12-15)14-21-24-18-13-19(25-8-10-28-11-9-25)23-17(22-18)6-3-7-20(26)27/h2,4-5,12-13H,3,6-11,14H2,1H3,(H,26,27). The highest BCUT2D eigenvalue weighted by Crippen LogP contribution is 2.21. The molecule has 28 heavy (non-hydrogen) atoms. The van der Waals surface area contributed by atoms with E-state index in [9.17, 15) is 4.79 Å². The van der Waals surface area contributed by atoms with Gasteiger partial charge >= 0.3 is 5.97 Å². The number of hydrogen-bond donors (Lipinski definition) is 1. The topological polar surface area (TPSA) is 100 Å². The third-order valence-electron chi connectivity index (χ3n) is 4.38. The summed E-state index contributed by atoms with van der Waals surface area (Å²) in [5, 5.41) is 17.4. The molecular weight excluding hydrogens is 358 g/mol. The first-order valence-corrected chi connectivity index (χ1v) is 9.45. The Bertz CT molecular complexity index is 834. The number of morpholine rings is 1. The highest BCUT2D eigenvalue weighted by atomic mass is 16.5. The molecule has 8 nitrogen and oxygen atoms in total. The van der Waals surface area contributed by atoms with E-state index in [1.807, 2.05) is 31.2 Å². The van der Waals surface area contributed by atoms with Crippen LogP contribution in [-0.2, 0) is 22.5 Å². The van der Waals surface area contributed by atoms with Crippen molar-refractivity contribution in [3.63, 3.8) is 0 Å². The molecule has 8 heteroatoms. The zero-order valence-corrected chi connectivity index (χ0v) is 16.0. The number of nitrogens with zero attached hydrogens (tertiary/aromatic N) is 5. The summed E-state index contributed by atoms with van der Waals surface area (Å²) >= 11 is 0. The fourth-order valence-electron chi connectivity index (χ4n) is 2.98. The molecule has 0 atom stereocenters. The van der Waals surface area contributed by atoms with Crippen molar-refractivity contribution in [2.24, 2.45) is 10.2 Å². The van der Waals surface area contributed by atoms with Crippen molar-refractivity contribution in [2.75, 3.05) is 31.2 Å². The average molecular weight is 383 g/mol. The zero-order valence-electron chi connectivity index (χ0n) is 16.0. The number of aromatic nitrogens is 2. The summed E-state index contributed by atoms with van der Waals surface area (Å²) < 4.78 is 5.40. The minimum absolute atomic E-state index is 0.0926. The Morgan fingerprint density at radius 3 is 2.82 bits per heavy atom. The van der Waals surface area contributed by atoms with Gasteiger partial charge < -0.3 is 14.7 Å². The Kier molecular flexibility index (Phi) is 7.02. The molecule has 0 spiro atoms. The number of hydrogen-bond acceptors (Lipinski definition) is 7. The van der Waals surface area contributed by atoms with Crippen molar-refractivity contribution in [3.8, 4) is 0 Å². The largest absolute Gasteiger partial charge is 0.481 e. The van der Waals surface area contributed by atoms with Crippen LogP contribution in [0.25, 0.3) is 0 Å². The number of anilines is 1. The maximum Gasteiger partial charge on any atom is 0.303 e. The summed E-state index contributed by atoms with van der Waals surface area (Å²) in [7, 11) is 0. The molecule has 0 saturated carbocycles. The normalized spacial score (nSPS) is 14.5. The summed E-state index contributed by atoms with van der Waals surface area (Å²) in [5.41, 5.74) is 2.28. The smallest absolute Gasteiger partial charge is 0.303 e. The number of carboxylic acid groups (broad SMARTS) is 1. The number of aliphatic carboxylic acids is 1. The summed E-state index contributed by atoms with van der Waals surface area (Å²) in [5.74, 6) is 1.06. The highest BCUT2D eigenvalue weighted by molar-refractivity contribution is 5.66. The molecule has 2 heterocycles. The summed E-state index contributed by atoms with van der Waals surface area (Å²) in [4.78, 5) is 22.0. The maximum atomic E-state index is 10.8. The first kappa shape index (κ1) is 19.9. The molecule has 1 aromatic heterocycles. The van der Waals surface area contributed by atoms with Gasteiger partial charge in [-0.15, -0.1) is 5.11 Å². The number of rotatable bonds is 8. The third-order valence-corrected chi connectivity index (χ3v) is 4.38. The van der Waals surface area contributed by atoms with Gasteiger partial charge in [-0.05, 0) is 18.9 Å². The van der Waals surface area contributed by atoms with Crippen LogP contribution in [0, 0.1) is 6.92 Å². The van der Waals surface area contributed by atoms with Crippen LogP contribution in [0.15, 0.2) is 40.6 Å². The second-order valence-corrected chi connectivity index (χ2v) is 6.74. The molecule has 1 N–H and O–H groups in total. The van der Waals surface area contributed by atoms with E-state index in [4.69, 9.17) is 9.84 Å². The van der Waals surface area contributed by atoms with E-state index in [-0.39, 0.29) is 6.42 Å². The number of benzene rings is 1. The van der Waals surface area contributed by atoms with Crippen LogP contribution >= 0.6 is 0 Å². The minimum Gasteiger partial charge on any atom is -0.481 e. The van der Waals surface area contributed by atoms with E-state index < -0.39 is 5.97 Å². The third kappa shape index (κ3) is 6.09. The van der Waals surface area contributed by atoms with Gasteiger partial charge in [-0.3, -0.25) is 4.79 Å². The molecule has 0 bridgehead atoms. The van der Waals surface area contributed by atoms with Crippen LogP contribution in [0.4, 0.5) is 11.6 Å². The second-order valence-electron chi connectivity index (χ2n) is 6.74. The Balaban J connectivity index is 1.75. The lowest BCUT2D eigenvalue weighted by Gasteiger charge is -2.28. The predicted octanol–water partition coefficient (Wildman–Crippen LogP) is 3.31. The van der Waals surface area contributed by atoms with Gasteiger partial charge in [-0.25, -0.2) is 9.97 Å². The molecule has 3 rings (SSSR count). The highest BCUT2D eigenvalue weighted by Gasteiger charge is 2.15. The molecule has 0 unspecified atom stereocenters. The van der Waals surface area contributed by atoms with Gasteiger partial charge in [0.2, 0.25) is 0 Å². The van der Waals surface area contributed by atoms with Gasteiger partial charge in [0.1, 0.15) is 11.6 Å². The Labute approximate surface area is 164 Å². The lowest BCUT2D eigenvalue weighted by Crippen LogP contribution is -2.36. The number of aryl methyl sites for hydroxylation is 2. The van der Waals surface area contributed by atoms with E-state index in [0.717, 1.165) is 24.5 Å². The van der Waals surface area contributed by atoms with E-state index >= 15 is 0 Å². The molecule has 1 saturated heterocycles. The van der Waals surface area contributed by atoms with Crippen LogP contribution < -0.4 is 4.90 Å². The number of ether oxygens (including phenoxy) is 1. The molecule has 1 fully saturated rings. The number of carboxylic acids is 1. The molecule has 0 radical (unpaired) electrons. The van der Waals surface area contributed by atoms with Crippen LogP contribution in [0.1, 0.15) is 29.8 Å². The van der Waals surface area contributed by atoms with Gasteiger partial charge in [0.05, 0.1) is 19.8 Å². The number of azo groups is 1. The molecule has 148 valence electrons. The fourth-order valence-corrected chi connectivity index (χ4v) is 2.98. The van der Waals surface area contributed by atoms with Crippen molar-refractivity contribution >= 4 is 17.6 Å². The lowest BCUT2D eigenvalue weighted by atomic mass is 10.1. The average Bonchev–Trinajstić information content (AvgIpc) is 2.68. The lowest BCUT2D eigenvalue weighted by molar-refractivity contribution is -0.137. The molecule has 0 aliphatic carbocycles. The summed E-state index contributed by atoms with van der Waals surface area (Å²) in [6, 6.07) is 9.97. The minimum atomic E-state index is -0.817. The van der Waals surface area contributed by atoms with Crippen molar-refractivity contribution in [3.05, 3.63) is 47.3 Å². The Morgan fingerprint density at radius 2 is 2.07 bits per heavy atom. The Morgan fingerprint density at radius 1 is 1.25 bits per heavy atom. The van der Waals surface area contributed by atoms with Crippen molar-refractivity contribution in [1.82, 2.24) is 9.97 Å². The number of carbonyl (C=O) groups is 1. The first-order chi connectivity index (χ1) is 13.6. The van der Waals surface area contributed by atoms with Crippen LogP contribution in [-0.4, -0.2) is 47.3 Å². The first-order valence-electron chi connectivity index (χ1n) is 9.45. The van der Waals surface area contributed by atoms with Gasteiger partial charge in [0, 0.05) is 32.0 Å². The summed E-state index contributed by atoms with van der Waals surface area (Å²) in [6.07, 6.45) is 1.07. The van der Waals surface area contributed by atoms with E-state index in [0.29, 0.717) is 44.2 Å². The molecule has 1 aromatic carbocycles. The van der Waals surface area contributed by atoms with Crippen molar-refractivity contribution < 1.29 is 14.6 Å². The predicted molar refractivity (Wildman–Crippen MR) is 105 cm³/mol. The van der Waals surface area contributed by atoms with Gasteiger partial charge in [0.15, 0.2) is 5.82 Å². The van der Waals surface area contributed by atoms with Crippen molar-refractivity contribution in [2.45, 2.75) is 32.7 Å². The van der Waals surface area contributed by atoms with Crippen LogP contribution in [0.3, 0.4) is 0 Å². The Hall–Kier alpha value is -2.87. The van der Waals surface area contributed by atoms with E-state index in [1.54, 1.807) is 0 Å². The molecule has 0 amide bonds. The fraction of sp³-hybridized carbons (Fsp3) is 0.450. The van der Waals surface area contributed by atoms with Crippen LogP contribution in [0.2, 0.25) is 0 Å². The van der Waals surface area contributed by atoms with Crippen LogP contribution in [0.5, 0.6) is 0 Å².